The van der Waals surface area contributed by atoms with E-state index in [4.69, 9.17) is 5.73 Å². The molecule has 0 spiro atoms. The van der Waals surface area contributed by atoms with Gasteiger partial charge in [-0.2, -0.15) is 4.98 Å². The molecule has 128 valence electrons. The van der Waals surface area contributed by atoms with E-state index >= 15 is 0 Å². The van der Waals surface area contributed by atoms with E-state index in [1.807, 2.05) is 0 Å². The van der Waals surface area contributed by atoms with Gasteiger partial charge in [0.1, 0.15) is 5.82 Å². The number of carbonyl (C=O) groups is 1. The number of unbranched alkanes of at least 4 members (excludes halogenated alkanes) is 1. The Kier molecular flexibility index (Phi) is 5.80. The molecule has 6 heteroatoms. The first-order chi connectivity index (χ1) is 10.9. The first kappa shape index (κ1) is 17.5. The number of carbonyl (C=O) groups excluding carboxylic acids is 1. The lowest BCUT2D eigenvalue weighted by molar-refractivity contribution is -0.119. The molecule has 0 aromatic carbocycles. The second-order valence-corrected chi connectivity index (χ2v) is 6.76. The van der Waals surface area contributed by atoms with Crippen molar-refractivity contribution in [1.82, 2.24) is 15.3 Å². The molecule has 1 atom stereocenters. The Morgan fingerprint density at radius 2 is 2.04 bits per heavy atom. The van der Waals surface area contributed by atoms with E-state index in [2.05, 4.69) is 34.4 Å². The van der Waals surface area contributed by atoms with Crippen LogP contribution in [0.1, 0.15) is 64.1 Å². The van der Waals surface area contributed by atoms with Crippen LogP contribution in [0.3, 0.4) is 0 Å². The summed E-state index contributed by atoms with van der Waals surface area (Å²) in [6.45, 7) is 6.42. The number of nitrogens with one attached hydrogen (secondary N) is 2. The van der Waals surface area contributed by atoms with Crippen molar-refractivity contribution in [2.75, 3.05) is 17.6 Å². The first-order valence-electron chi connectivity index (χ1n) is 8.61. The van der Waals surface area contributed by atoms with Gasteiger partial charge in [0.25, 0.3) is 0 Å². The van der Waals surface area contributed by atoms with Crippen molar-refractivity contribution in [2.24, 2.45) is 0 Å². The van der Waals surface area contributed by atoms with Gasteiger partial charge >= 0.3 is 0 Å². The molecule has 1 aromatic rings. The largest absolute Gasteiger partial charge is 0.368 e. The third-order valence-electron chi connectivity index (χ3n) is 4.43. The van der Waals surface area contributed by atoms with Crippen LogP contribution in [0.15, 0.2) is 0 Å². The van der Waals surface area contributed by atoms with Gasteiger partial charge in [0.15, 0.2) is 0 Å². The Morgan fingerprint density at radius 1 is 1.30 bits per heavy atom. The molecule has 23 heavy (non-hydrogen) atoms. The number of nitrogens with two attached hydrogens (primary N) is 1. The molecule has 1 aliphatic rings. The van der Waals surface area contributed by atoms with Gasteiger partial charge in [-0.1, -0.05) is 19.8 Å². The van der Waals surface area contributed by atoms with E-state index in [1.165, 1.54) is 5.56 Å². The molecule has 2 rings (SSSR count). The van der Waals surface area contributed by atoms with E-state index < -0.39 is 0 Å². The predicted molar refractivity (Wildman–Crippen MR) is 93.3 cm³/mol. The van der Waals surface area contributed by atoms with Gasteiger partial charge in [-0.3, -0.25) is 4.79 Å². The van der Waals surface area contributed by atoms with Crippen molar-refractivity contribution in [3.8, 4) is 0 Å². The van der Waals surface area contributed by atoms with E-state index in [0.717, 1.165) is 56.5 Å². The summed E-state index contributed by atoms with van der Waals surface area (Å²) >= 11 is 0. The Bertz CT molecular complexity index is 560. The lowest BCUT2D eigenvalue weighted by atomic mass is 9.92. The number of nitrogen functional groups attached to an aromatic ring is 1. The SMILES string of the molecule is CCCC[C@](C)(CNC(C)=O)Nc1nc(N)nc2c1CCCC2. The Balaban J connectivity index is 2.24. The highest BCUT2D eigenvalue weighted by atomic mass is 16.1. The molecule has 0 bridgehead atoms. The monoisotopic (exact) mass is 319 g/mol. The average Bonchev–Trinajstić information content (AvgIpc) is 2.51. The van der Waals surface area contributed by atoms with Gasteiger partial charge in [0.2, 0.25) is 11.9 Å². The fourth-order valence-electron chi connectivity index (χ4n) is 3.08. The molecule has 6 nitrogen and oxygen atoms in total. The molecule has 0 saturated carbocycles. The minimum Gasteiger partial charge on any atom is -0.368 e. The van der Waals surface area contributed by atoms with Crippen molar-refractivity contribution >= 4 is 17.7 Å². The Morgan fingerprint density at radius 3 is 2.74 bits per heavy atom. The van der Waals surface area contributed by atoms with Crippen LogP contribution in [-0.4, -0.2) is 28.0 Å². The minimum absolute atomic E-state index is 0.0150. The molecule has 0 saturated heterocycles. The summed E-state index contributed by atoms with van der Waals surface area (Å²) < 4.78 is 0. The quantitative estimate of drug-likeness (QED) is 0.718. The number of rotatable bonds is 7. The molecule has 1 amide bonds. The zero-order valence-corrected chi connectivity index (χ0v) is 14.5. The topological polar surface area (TPSA) is 92.9 Å². The van der Waals surface area contributed by atoms with Crippen molar-refractivity contribution in [1.29, 1.82) is 0 Å². The Hall–Kier alpha value is -1.85. The number of aromatic nitrogens is 2. The van der Waals surface area contributed by atoms with Gasteiger partial charge in [-0.15, -0.1) is 0 Å². The third kappa shape index (κ3) is 4.81. The van der Waals surface area contributed by atoms with Crippen molar-refractivity contribution in [2.45, 2.75) is 71.3 Å². The van der Waals surface area contributed by atoms with Crippen LogP contribution >= 0.6 is 0 Å². The van der Waals surface area contributed by atoms with Gasteiger partial charge < -0.3 is 16.4 Å². The highest BCUT2D eigenvalue weighted by molar-refractivity contribution is 5.73. The van der Waals surface area contributed by atoms with E-state index in [0.29, 0.717) is 12.5 Å². The number of fused-ring (bicyclic) bond motifs is 1. The number of aryl methyl sites for hydroxylation is 1. The number of anilines is 2. The van der Waals surface area contributed by atoms with Crippen LogP contribution < -0.4 is 16.4 Å². The number of hydrogen-bond acceptors (Lipinski definition) is 5. The number of nitrogens with zero attached hydrogens (tertiary/aromatic N) is 2. The molecule has 0 unspecified atom stereocenters. The van der Waals surface area contributed by atoms with E-state index in [9.17, 15) is 4.79 Å². The summed E-state index contributed by atoms with van der Waals surface area (Å²) in [4.78, 5) is 20.2. The van der Waals surface area contributed by atoms with Gasteiger partial charge in [-0.05, 0) is 39.0 Å². The summed E-state index contributed by atoms with van der Waals surface area (Å²) in [7, 11) is 0. The molecule has 4 N–H and O–H groups in total. The maximum atomic E-state index is 11.3. The van der Waals surface area contributed by atoms with Crippen LogP contribution in [0.5, 0.6) is 0 Å². The van der Waals surface area contributed by atoms with Crippen molar-refractivity contribution in [3.63, 3.8) is 0 Å². The van der Waals surface area contributed by atoms with Crippen molar-refractivity contribution in [3.05, 3.63) is 11.3 Å². The lowest BCUT2D eigenvalue weighted by Gasteiger charge is -2.33. The van der Waals surface area contributed by atoms with Crippen LogP contribution in [0.2, 0.25) is 0 Å². The minimum atomic E-state index is -0.242. The average molecular weight is 319 g/mol. The van der Waals surface area contributed by atoms with Gasteiger partial charge in [-0.25, -0.2) is 4.98 Å². The van der Waals surface area contributed by atoms with Crippen LogP contribution in [0, 0.1) is 0 Å². The number of amides is 1. The zero-order chi connectivity index (χ0) is 16.9. The van der Waals surface area contributed by atoms with E-state index in [1.54, 1.807) is 6.92 Å². The highest BCUT2D eigenvalue weighted by Crippen LogP contribution is 2.29. The van der Waals surface area contributed by atoms with Gasteiger partial charge in [0.05, 0.1) is 11.2 Å². The zero-order valence-electron chi connectivity index (χ0n) is 14.5. The number of hydrogen-bond donors (Lipinski definition) is 3. The smallest absolute Gasteiger partial charge is 0.222 e. The maximum absolute atomic E-state index is 11.3. The van der Waals surface area contributed by atoms with Crippen LogP contribution in [-0.2, 0) is 17.6 Å². The molecular formula is C17H29N5O. The van der Waals surface area contributed by atoms with Gasteiger partial charge in [0, 0.05) is 19.0 Å². The van der Waals surface area contributed by atoms with E-state index in [-0.39, 0.29) is 11.4 Å². The molecule has 1 aliphatic carbocycles. The summed E-state index contributed by atoms with van der Waals surface area (Å²) in [5, 5.41) is 6.50. The fraction of sp³-hybridized carbons (Fsp3) is 0.706. The maximum Gasteiger partial charge on any atom is 0.222 e. The molecule has 0 radical (unpaired) electrons. The summed E-state index contributed by atoms with van der Waals surface area (Å²) in [6.07, 6.45) is 7.43. The summed E-state index contributed by atoms with van der Waals surface area (Å²) in [5.41, 5.74) is 7.91. The second-order valence-electron chi connectivity index (χ2n) is 6.76. The predicted octanol–water partition coefficient (Wildman–Crippen LogP) is 2.43. The normalized spacial score (nSPS) is 16.3. The standard InChI is InChI=1S/C17H29N5O/c1-4-5-10-17(3,11-19-12(2)23)22-15-13-8-6-7-9-14(13)20-16(18)21-15/h4-11H2,1-3H3,(H,19,23)(H3,18,20,21,22)/t17-/m1/s1. The van der Waals surface area contributed by atoms with Crippen LogP contribution in [0.4, 0.5) is 11.8 Å². The Labute approximate surface area is 138 Å². The summed E-state index contributed by atoms with van der Waals surface area (Å²) in [6, 6.07) is 0. The first-order valence-corrected chi connectivity index (χ1v) is 8.61. The molecule has 0 fully saturated rings. The molecule has 0 aliphatic heterocycles. The highest BCUT2D eigenvalue weighted by Gasteiger charge is 2.27. The van der Waals surface area contributed by atoms with Crippen LogP contribution in [0.25, 0.3) is 0 Å². The fourth-order valence-corrected chi connectivity index (χ4v) is 3.08. The lowest BCUT2D eigenvalue weighted by Crippen LogP contribution is -2.46. The second kappa shape index (κ2) is 7.62. The third-order valence-corrected chi connectivity index (χ3v) is 4.43. The molecule has 1 aromatic heterocycles. The van der Waals surface area contributed by atoms with Crippen molar-refractivity contribution < 1.29 is 4.79 Å². The molecule has 1 heterocycles. The summed E-state index contributed by atoms with van der Waals surface area (Å²) in [5.74, 6) is 1.15. The molecular weight excluding hydrogens is 290 g/mol.